The van der Waals surface area contributed by atoms with E-state index in [4.69, 9.17) is 0 Å². The minimum Gasteiger partial charge on any atom is -0.507 e. The quantitative estimate of drug-likeness (QED) is 0.415. The molecule has 2 N–H and O–H groups in total. The van der Waals surface area contributed by atoms with E-state index < -0.39 is 0 Å². The van der Waals surface area contributed by atoms with Crippen LogP contribution in [0.2, 0.25) is 0 Å². The summed E-state index contributed by atoms with van der Waals surface area (Å²) in [7, 11) is 0. The summed E-state index contributed by atoms with van der Waals surface area (Å²) in [6, 6.07) is 17.9. The number of amides is 1. The Kier molecular flexibility index (Phi) is 6.21. The molecule has 3 aromatic carbocycles. The molecule has 162 valence electrons. The van der Waals surface area contributed by atoms with Gasteiger partial charge in [0.05, 0.1) is 12.6 Å². The number of hydrogen-bond acceptors (Lipinski definition) is 3. The van der Waals surface area contributed by atoms with Crippen LogP contribution in [0.5, 0.6) is 5.75 Å². The summed E-state index contributed by atoms with van der Waals surface area (Å²) in [5, 5.41) is 17.2. The maximum Gasteiger partial charge on any atom is 0.244 e. The molecule has 4 heteroatoms. The van der Waals surface area contributed by atoms with Gasteiger partial charge < -0.3 is 5.11 Å². The molecule has 0 unspecified atom stereocenters. The second-order valence-electron chi connectivity index (χ2n) is 10.1. The van der Waals surface area contributed by atoms with Crippen LogP contribution in [0.1, 0.15) is 63.8 Å². The van der Waals surface area contributed by atoms with E-state index in [1.165, 1.54) is 0 Å². The van der Waals surface area contributed by atoms with Gasteiger partial charge in [-0.1, -0.05) is 84.0 Å². The Bertz CT molecular complexity index is 1090. The van der Waals surface area contributed by atoms with Crippen molar-refractivity contribution >= 4 is 22.9 Å². The van der Waals surface area contributed by atoms with Crippen molar-refractivity contribution in [3.05, 3.63) is 76.9 Å². The third-order valence-corrected chi connectivity index (χ3v) is 5.38. The minimum atomic E-state index is -0.217. The molecule has 0 fully saturated rings. The van der Waals surface area contributed by atoms with Crippen LogP contribution in [-0.2, 0) is 22.0 Å². The predicted molar refractivity (Wildman–Crippen MR) is 129 cm³/mol. The Morgan fingerprint density at radius 2 is 1.52 bits per heavy atom. The Labute approximate surface area is 185 Å². The first-order valence-corrected chi connectivity index (χ1v) is 10.6. The average molecular weight is 417 g/mol. The summed E-state index contributed by atoms with van der Waals surface area (Å²) < 4.78 is 0. The van der Waals surface area contributed by atoms with E-state index in [1.807, 2.05) is 54.6 Å². The molecule has 0 aromatic heterocycles. The number of fused-ring (bicyclic) bond motifs is 1. The van der Waals surface area contributed by atoms with Crippen molar-refractivity contribution in [2.45, 2.75) is 58.8 Å². The van der Waals surface area contributed by atoms with Crippen molar-refractivity contribution < 1.29 is 9.90 Å². The average Bonchev–Trinajstić information content (AvgIpc) is 2.67. The number of phenols is 1. The molecule has 3 aromatic rings. The van der Waals surface area contributed by atoms with E-state index >= 15 is 0 Å². The monoisotopic (exact) mass is 416 g/mol. The van der Waals surface area contributed by atoms with Crippen molar-refractivity contribution in [3.8, 4) is 5.75 Å². The maximum atomic E-state index is 12.5. The van der Waals surface area contributed by atoms with Crippen molar-refractivity contribution in [3.63, 3.8) is 0 Å². The van der Waals surface area contributed by atoms with Crippen LogP contribution < -0.4 is 5.43 Å². The van der Waals surface area contributed by atoms with Crippen molar-refractivity contribution in [1.29, 1.82) is 0 Å². The summed E-state index contributed by atoms with van der Waals surface area (Å²) in [4.78, 5) is 12.5. The van der Waals surface area contributed by atoms with Gasteiger partial charge in [-0.3, -0.25) is 4.79 Å². The lowest BCUT2D eigenvalue weighted by molar-refractivity contribution is -0.120. The molecule has 0 aliphatic heterocycles. The summed E-state index contributed by atoms with van der Waals surface area (Å²) in [5.41, 5.74) is 5.76. The van der Waals surface area contributed by atoms with E-state index in [2.05, 4.69) is 52.1 Å². The van der Waals surface area contributed by atoms with Gasteiger partial charge in [0.15, 0.2) is 0 Å². The Morgan fingerprint density at radius 3 is 2.13 bits per heavy atom. The maximum absolute atomic E-state index is 12.5. The number of phenolic OH excluding ortho intramolecular Hbond substituents is 1. The molecule has 0 spiro atoms. The number of benzene rings is 3. The zero-order valence-electron chi connectivity index (χ0n) is 19.3. The highest BCUT2D eigenvalue weighted by atomic mass is 16.3. The molecule has 0 saturated heterocycles. The van der Waals surface area contributed by atoms with Gasteiger partial charge in [0, 0.05) is 11.1 Å². The molecule has 4 nitrogen and oxygen atoms in total. The molecule has 0 heterocycles. The third kappa shape index (κ3) is 5.32. The van der Waals surface area contributed by atoms with E-state index in [0.717, 1.165) is 33.0 Å². The van der Waals surface area contributed by atoms with E-state index in [0.29, 0.717) is 5.75 Å². The highest BCUT2D eigenvalue weighted by Gasteiger charge is 2.26. The lowest BCUT2D eigenvalue weighted by atomic mass is 9.78. The Balaban J connectivity index is 1.81. The fourth-order valence-electron chi connectivity index (χ4n) is 3.71. The summed E-state index contributed by atoms with van der Waals surface area (Å²) in [5.74, 6) is 0.163. The molecular formula is C27H32N2O2. The molecule has 0 aliphatic carbocycles. The van der Waals surface area contributed by atoms with Crippen LogP contribution >= 0.6 is 0 Å². The molecule has 0 saturated carbocycles. The Hall–Kier alpha value is -3.14. The van der Waals surface area contributed by atoms with E-state index in [1.54, 1.807) is 6.21 Å². The van der Waals surface area contributed by atoms with Gasteiger partial charge in [0.1, 0.15) is 5.75 Å². The summed E-state index contributed by atoms with van der Waals surface area (Å²) >= 11 is 0. The van der Waals surface area contributed by atoms with Gasteiger partial charge in [0.2, 0.25) is 5.91 Å². The number of carbonyl (C=O) groups excluding carboxylic acids is 1. The van der Waals surface area contributed by atoms with Crippen LogP contribution in [0.4, 0.5) is 0 Å². The van der Waals surface area contributed by atoms with E-state index in [9.17, 15) is 9.90 Å². The fourth-order valence-corrected chi connectivity index (χ4v) is 3.71. The van der Waals surface area contributed by atoms with Gasteiger partial charge in [-0.15, -0.1) is 0 Å². The number of nitrogens with one attached hydrogen (secondary N) is 1. The highest BCUT2D eigenvalue weighted by Crippen LogP contribution is 2.39. The number of hydrogen-bond donors (Lipinski definition) is 2. The molecule has 0 radical (unpaired) electrons. The van der Waals surface area contributed by atoms with Gasteiger partial charge in [-0.25, -0.2) is 5.43 Å². The number of hydrazone groups is 1. The van der Waals surface area contributed by atoms with Crippen molar-refractivity contribution in [2.24, 2.45) is 5.10 Å². The number of nitrogens with zero attached hydrogens (tertiary/aromatic N) is 1. The van der Waals surface area contributed by atoms with Crippen LogP contribution in [0.25, 0.3) is 10.8 Å². The standard InChI is InChI=1S/C27H32N2O2/c1-26(2,3)22-14-18(15-23(25(22)31)27(4,5)6)17-28-29-24(30)16-20-12-9-11-19-10-7-8-13-21(19)20/h7-15,17,31H,16H2,1-6H3,(H,29,30). The van der Waals surface area contributed by atoms with Gasteiger partial charge in [-0.05, 0) is 44.9 Å². The van der Waals surface area contributed by atoms with Crippen molar-refractivity contribution in [2.75, 3.05) is 0 Å². The summed E-state index contributed by atoms with van der Waals surface area (Å²) in [6.45, 7) is 12.4. The molecule has 1 amide bonds. The molecule has 0 atom stereocenters. The van der Waals surface area contributed by atoms with Gasteiger partial charge in [-0.2, -0.15) is 5.10 Å². The van der Waals surface area contributed by atoms with Crippen LogP contribution in [0.15, 0.2) is 59.7 Å². The largest absolute Gasteiger partial charge is 0.507 e. The van der Waals surface area contributed by atoms with Crippen LogP contribution in [0.3, 0.4) is 0 Å². The smallest absolute Gasteiger partial charge is 0.244 e. The first-order valence-electron chi connectivity index (χ1n) is 10.6. The second-order valence-corrected chi connectivity index (χ2v) is 10.1. The van der Waals surface area contributed by atoms with Crippen molar-refractivity contribution in [1.82, 2.24) is 5.43 Å². The first kappa shape index (κ1) is 22.5. The van der Waals surface area contributed by atoms with Gasteiger partial charge >= 0.3 is 0 Å². The first-order chi connectivity index (χ1) is 14.5. The number of carbonyl (C=O) groups is 1. The highest BCUT2D eigenvalue weighted by molar-refractivity contribution is 5.90. The lowest BCUT2D eigenvalue weighted by Gasteiger charge is -2.27. The normalized spacial score (nSPS) is 12.5. The SMILES string of the molecule is CC(C)(C)c1cc(C=NNC(=O)Cc2cccc3ccccc23)cc(C(C)(C)C)c1O. The van der Waals surface area contributed by atoms with Crippen LogP contribution in [0, 0.1) is 0 Å². The zero-order valence-corrected chi connectivity index (χ0v) is 19.3. The van der Waals surface area contributed by atoms with Gasteiger partial charge in [0.25, 0.3) is 0 Å². The second kappa shape index (κ2) is 8.54. The van der Waals surface area contributed by atoms with Crippen LogP contribution in [-0.4, -0.2) is 17.2 Å². The fraction of sp³-hybridized carbons (Fsp3) is 0.333. The number of rotatable bonds is 4. The van der Waals surface area contributed by atoms with E-state index in [-0.39, 0.29) is 23.2 Å². The number of aromatic hydroxyl groups is 1. The molecule has 0 aliphatic rings. The molecule has 31 heavy (non-hydrogen) atoms. The third-order valence-electron chi connectivity index (χ3n) is 5.38. The summed E-state index contributed by atoms with van der Waals surface area (Å²) in [6.07, 6.45) is 1.90. The lowest BCUT2D eigenvalue weighted by Crippen LogP contribution is -2.20. The molecular weight excluding hydrogens is 384 g/mol. The predicted octanol–water partition coefficient (Wildman–Crippen LogP) is 5.83. The molecule has 3 rings (SSSR count). The topological polar surface area (TPSA) is 61.7 Å². The molecule has 0 bridgehead atoms. The zero-order chi connectivity index (χ0) is 22.8. The Morgan fingerprint density at radius 1 is 0.935 bits per heavy atom. The minimum absolute atomic E-state index is 0.168.